The minimum atomic E-state index is -0.943. The van der Waals surface area contributed by atoms with Crippen LogP contribution in [0.3, 0.4) is 0 Å². The van der Waals surface area contributed by atoms with E-state index in [1.807, 2.05) is 29.8 Å². The topological polar surface area (TPSA) is 80.9 Å². The number of carboxylic acid groups (broad SMARTS) is 1. The number of hydrogen-bond donors (Lipinski definition) is 1. The molecule has 0 fully saturated rings. The van der Waals surface area contributed by atoms with Gasteiger partial charge in [-0.15, -0.1) is 0 Å². The van der Waals surface area contributed by atoms with E-state index in [0.29, 0.717) is 12.1 Å². The van der Waals surface area contributed by atoms with Crippen molar-refractivity contribution in [2.24, 2.45) is 0 Å². The molecule has 6 heteroatoms. The van der Waals surface area contributed by atoms with Crippen molar-refractivity contribution in [1.82, 2.24) is 19.7 Å². The smallest absolute Gasteiger partial charge is 0.336 e. The minimum Gasteiger partial charge on any atom is -0.478 e. The lowest BCUT2D eigenvalue weighted by Crippen LogP contribution is -2.08. The number of pyridine rings is 1. The normalized spacial score (nSPS) is 10.8. The summed E-state index contributed by atoms with van der Waals surface area (Å²) in [5.74, 6) is 0.777. The van der Waals surface area contributed by atoms with Crippen LogP contribution in [-0.4, -0.2) is 30.8 Å². The highest BCUT2D eigenvalue weighted by molar-refractivity contribution is 5.95. The van der Waals surface area contributed by atoms with Crippen LogP contribution < -0.4 is 0 Å². The molecule has 3 rings (SSSR count). The van der Waals surface area contributed by atoms with E-state index >= 15 is 0 Å². The van der Waals surface area contributed by atoms with Crippen molar-refractivity contribution in [2.75, 3.05) is 0 Å². The quantitative estimate of drug-likeness (QED) is 0.746. The van der Waals surface area contributed by atoms with Crippen LogP contribution in [0.1, 0.15) is 41.0 Å². The molecule has 1 N–H and O–H groups in total. The van der Waals surface area contributed by atoms with Crippen LogP contribution in [0.2, 0.25) is 0 Å². The molecule has 0 aliphatic rings. The monoisotopic (exact) mass is 336 g/mol. The molecule has 1 aromatic carbocycles. The fourth-order valence-electron chi connectivity index (χ4n) is 2.79. The van der Waals surface area contributed by atoms with Crippen LogP contribution in [0.5, 0.6) is 0 Å². The Kier molecular flexibility index (Phi) is 4.88. The van der Waals surface area contributed by atoms with E-state index in [9.17, 15) is 9.90 Å². The summed E-state index contributed by atoms with van der Waals surface area (Å²) < 4.78 is 1.88. The first-order chi connectivity index (χ1) is 12.1. The predicted molar refractivity (Wildman–Crippen MR) is 94.5 cm³/mol. The Morgan fingerprint density at radius 2 is 2.00 bits per heavy atom. The number of hydrogen-bond acceptors (Lipinski definition) is 4. The second kappa shape index (κ2) is 7.25. The lowest BCUT2D eigenvalue weighted by molar-refractivity contribution is 0.0697. The molecule has 0 unspecified atom stereocenters. The van der Waals surface area contributed by atoms with Crippen molar-refractivity contribution in [3.63, 3.8) is 0 Å². The van der Waals surface area contributed by atoms with Crippen LogP contribution >= 0.6 is 0 Å². The summed E-state index contributed by atoms with van der Waals surface area (Å²) in [6, 6.07) is 10.7. The highest BCUT2D eigenvalue weighted by Gasteiger charge is 2.12. The van der Waals surface area contributed by atoms with E-state index in [1.54, 1.807) is 24.4 Å². The molecule has 25 heavy (non-hydrogen) atoms. The number of aromatic carboxylic acids is 1. The second-order valence-electron chi connectivity index (χ2n) is 5.87. The number of aryl methyl sites for hydroxylation is 2. The fraction of sp³-hybridized carbons (Fsp3) is 0.263. The SMILES string of the molecule is CCCc1nc(C)nn1Cc1ccc(-c2ccccc2C(=O)O)cn1. The Bertz CT molecular complexity index is 885. The molecule has 0 bridgehead atoms. The molecular weight excluding hydrogens is 316 g/mol. The summed E-state index contributed by atoms with van der Waals surface area (Å²) in [7, 11) is 0. The van der Waals surface area contributed by atoms with Crippen LogP contribution in [0.4, 0.5) is 0 Å². The maximum absolute atomic E-state index is 11.4. The van der Waals surface area contributed by atoms with Crippen LogP contribution in [0, 0.1) is 6.92 Å². The first-order valence-corrected chi connectivity index (χ1v) is 8.26. The molecule has 2 heterocycles. The van der Waals surface area contributed by atoms with E-state index < -0.39 is 5.97 Å². The van der Waals surface area contributed by atoms with Gasteiger partial charge in [0, 0.05) is 18.2 Å². The third-order valence-corrected chi connectivity index (χ3v) is 3.93. The van der Waals surface area contributed by atoms with Gasteiger partial charge < -0.3 is 5.11 Å². The predicted octanol–water partition coefficient (Wildman–Crippen LogP) is 3.35. The molecule has 3 aromatic rings. The fourth-order valence-corrected chi connectivity index (χ4v) is 2.79. The van der Waals surface area contributed by atoms with E-state index in [1.165, 1.54) is 0 Å². The third kappa shape index (κ3) is 3.74. The molecule has 0 spiro atoms. The Labute approximate surface area is 146 Å². The highest BCUT2D eigenvalue weighted by Crippen LogP contribution is 2.23. The van der Waals surface area contributed by atoms with Crippen LogP contribution in [-0.2, 0) is 13.0 Å². The maximum Gasteiger partial charge on any atom is 0.336 e. The van der Waals surface area contributed by atoms with Crippen LogP contribution in [0.15, 0.2) is 42.6 Å². The van der Waals surface area contributed by atoms with Gasteiger partial charge in [0.05, 0.1) is 17.8 Å². The van der Waals surface area contributed by atoms with Gasteiger partial charge in [-0.25, -0.2) is 14.5 Å². The largest absolute Gasteiger partial charge is 0.478 e. The summed E-state index contributed by atoms with van der Waals surface area (Å²) in [6.07, 6.45) is 3.60. The maximum atomic E-state index is 11.4. The van der Waals surface area contributed by atoms with E-state index in [2.05, 4.69) is 22.0 Å². The lowest BCUT2D eigenvalue weighted by atomic mass is 10.0. The molecule has 0 saturated carbocycles. The van der Waals surface area contributed by atoms with E-state index in [0.717, 1.165) is 35.7 Å². The number of carbonyl (C=O) groups is 1. The number of benzene rings is 1. The average Bonchev–Trinajstić information content (AvgIpc) is 2.95. The van der Waals surface area contributed by atoms with Crippen molar-refractivity contribution < 1.29 is 9.90 Å². The molecule has 128 valence electrons. The minimum absolute atomic E-state index is 0.272. The molecule has 0 saturated heterocycles. The summed E-state index contributed by atoms with van der Waals surface area (Å²) >= 11 is 0. The van der Waals surface area contributed by atoms with Gasteiger partial charge in [-0.05, 0) is 31.0 Å². The summed E-state index contributed by atoms with van der Waals surface area (Å²) in [5, 5.41) is 13.8. The van der Waals surface area contributed by atoms with Gasteiger partial charge in [0.15, 0.2) is 0 Å². The molecule has 0 aliphatic heterocycles. The lowest BCUT2D eigenvalue weighted by Gasteiger charge is -2.08. The van der Waals surface area contributed by atoms with Gasteiger partial charge in [0.25, 0.3) is 0 Å². The zero-order chi connectivity index (χ0) is 17.8. The molecule has 0 amide bonds. The Morgan fingerprint density at radius 3 is 2.68 bits per heavy atom. The molecule has 2 aromatic heterocycles. The van der Waals surface area contributed by atoms with E-state index in [-0.39, 0.29) is 5.56 Å². The summed E-state index contributed by atoms with van der Waals surface area (Å²) in [6.45, 7) is 4.55. The first kappa shape index (κ1) is 16.8. The Morgan fingerprint density at radius 1 is 1.20 bits per heavy atom. The van der Waals surface area contributed by atoms with Gasteiger partial charge >= 0.3 is 5.97 Å². The van der Waals surface area contributed by atoms with Crippen molar-refractivity contribution in [2.45, 2.75) is 33.2 Å². The Hall–Kier alpha value is -3.02. The van der Waals surface area contributed by atoms with Crippen molar-refractivity contribution in [3.05, 3.63) is 65.5 Å². The van der Waals surface area contributed by atoms with Crippen molar-refractivity contribution in [3.8, 4) is 11.1 Å². The standard InChI is InChI=1S/C19H20N4O2/c1-3-6-18-21-13(2)22-23(18)12-15-10-9-14(11-20-15)16-7-4-5-8-17(16)19(24)25/h4-5,7-11H,3,6,12H2,1-2H3,(H,24,25). The Balaban J connectivity index is 1.85. The zero-order valence-corrected chi connectivity index (χ0v) is 14.3. The van der Waals surface area contributed by atoms with Gasteiger partial charge in [-0.2, -0.15) is 5.10 Å². The molecule has 0 radical (unpaired) electrons. The number of carboxylic acids is 1. The van der Waals surface area contributed by atoms with Crippen LogP contribution in [0.25, 0.3) is 11.1 Å². The van der Waals surface area contributed by atoms with Gasteiger partial charge in [0.2, 0.25) is 0 Å². The molecule has 0 atom stereocenters. The van der Waals surface area contributed by atoms with Crippen molar-refractivity contribution in [1.29, 1.82) is 0 Å². The zero-order valence-electron chi connectivity index (χ0n) is 14.3. The molecular formula is C19H20N4O2. The van der Waals surface area contributed by atoms with Gasteiger partial charge in [-0.1, -0.05) is 31.2 Å². The first-order valence-electron chi connectivity index (χ1n) is 8.26. The second-order valence-corrected chi connectivity index (χ2v) is 5.87. The third-order valence-electron chi connectivity index (χ3n) is 3.93. The van der Waals surface area contributed by atoms with Gasteiger partial charge in [-0.3, -0.25) is 4.98 Å². The molecule has 6 nitrogen and oxygen atoms in total. The summed E-state index contributed by atoms with van der Waals surface area (Å²) in [5.41, 5.74) is 2.58. The number of nitrogens with zero attached hydrogens (tertiary/aromatic N) is 4. The van der Waals surface area contributed by atoms with Gasteiger partial charge in [0.1, 0.15) is 11.6 Å². The number of aromatic nitrogens is 4. The average molecular weight is 336 g/mol. The highest BCUT2D eigenvalue weighted by atomic mass is 16.4. The summed E-state index contributed by atoms with van der Waals surface area (Å²) in [4.78, 5) is 20.3. The van der Waals surface area contributed by atoms with E-state index in [4.69, 9.17) is 0 Å². The van der Waals surface area contributed by atoms with Crippen molar-refractivity contribution >= 4 is 5.97 Å². The number of rotatable bonds is 6. The molecule has 0 aliphatic carbocycles.